The van der Waals surface area contributed by atoms with Crippen molar-refractivity contribution in [2.24, 2.45) is 5.92 Å². The zero-order chi connectivity index (χ0) is 14.3. The van der Waals surface area contributed by atoms with Gasteiger partial charge in [-0.25, -0.2) is 0 Å². The molecule has 1 rings (SSSR count). The molecule has 3 heteroatoms. The Morgan fingerprint density at radius 3 is 2.37 bits per heavy atom. The summed E-state index contributed by atoms with van der Waals surface area (Å²) in [5.74, 6) is 1.58. The number of nitrogens with one attached hydrogen (secondary N) is 1. The molecule has 0 radical (unpaired) electrons. The van der Waals surface area contributed by atoms with Crippen LogP contribution in [0.1, 0.15) is 39.2 Å². The summed E-state index contributed by atoms with van der Waals surface area (Å²) in [5.41, 5.74) is 1.16. The lowest BCUT2D eigenvalue weighted by Gasteiger charge is -2.15. The third kappa shape index (κ3) is 6.27. The number of benzene rings is 1. The molecule has 0 aliphatic heterocycles. The van der Waals surface area contributed by atoms with E-state index in [0.717, 1.165) is 24.2 Å². The highest BCUT2D eigenvalue weighted by molar-refractivity contribution is 5.76. The third-order valence-electron chi connectivity index (χ3n) is 3.03. The molecule has 0 aliphatic carbocycles. The summed E-state index contributed by atoms with van der Waals surface area (Å²) in [7, 11) is 1.65. The minimum absolute atomic E-state index is 0.129. The standard InChI is InChI=1S/C16H25NO2/c1-12(2)11-13(3)17-16(18)10-7-14-5-8-15(19-4)9-6-14/h5-6,8-9,12-13H,7,10-11H2,1-4H3,(H,17,18)/t13-/m0/s1. The summed E-state index contributed by atoms with van der Waals surface area (Å²) < 4.78 is 5.11. The van der Waals surface area contributed by atoms with E-state index in [1.807, 2.05) is 24.3 Å². The molecule has 0 bridgehead atoms. The van der Waals surface area contributed by atoms with E-state index in [4.69, 9.17) is 4.74 Å². The van der Waals surface area contributed by atoms with E-state index in [0.29, 0.717) is 12.3 Å². The van der Waals surface area contributed by atoms with Crippen LogP contribution < -0.4 is 10.1 Å². The highest BCUT2D eigenvalue weighted by Gasteiger charge is 2.09. The van der Waals surface area contributed by atoms with Crippen LogP contribution >= 0.6 is 0 Å². The maximum atomic E-state index is 11.8. The summed E-state index contributed by atoms with van der Waals surface area (Å²) in [6.07, 6.45) is 2.33. The molecule has 1 N–H and O–H groups in total. The van der Waals surface area contributed by atoms with Gasteiger partial charge in [-0.3, -0.25) is 4.79 Å². The van der Waals surface area contributed by atoms with Crippen LogP contribution in [0.15, 0.2) is 24.3 Å². The molecular weight excluding hydrogens is 238 g/mol. The van der Waals surface area contributed by atoms with Crippen molar-refractivity contribution in [1.82, 2.24) is 5.32 Å². The van der Waals surface area contributed by atoms with Crippen molar-refractivity contribution in [1.29, 1.82) is 0 Å². The Labute approximate surface area is 116 Å². The first-order valence-corrected chi connectivity index (χ1v) is 6.93. The van der Waals surface area contributed by atoms with Crippen LogP contribution in [0.2, 0.25) is 0 Å². The van der Waals surface area contributed by atoms with E-state index in [2.05, 4.69) is 26.1 Å². The third-order valence-corrected chi connectivity index (χ3v) is 3.03. The molecule has 106 valence electrons. The summed E-state index contributed by atoms with van der Waals surface area (Å²) >= 11 is 0. The molecule has 1 amide bonds. The van der Waals surface area contributed by atoms with E-state index in [9.17, 15) is 4.79 Å². The smallest absolute Gasteiger partial charge is 0.220 e. The molecule has 0 heterocycles. The van der Waals surface area contributed by atoms with Gasteiger partial charge in [-0.1, -0.05) is 26.0 Å². The van der Waals surface area contributed by atoms with Crippen LogP contribution in [0.25, 0.3) is 0 Å². The van der Waals surface area contributed by atoms with Crippen molar-refractivity contribution in [3.63, 3.8) is 0 Å². The lowest BCUT2D eigenvalue weighted by Crippen LogP contribution is -2.33. The number of carbonyl (C=O) groups is 1. The van der Waals surface area contributed by atoms with E-state index in [1.165, 1.54) is 0 Å². The van der Waals surface area contributed by atoms with Gasteiger partial charge < -0.3 is 10.1 Å². The molecule has 0 spiro atoms. The SMILES string of the molecule is COc1ccc(CCC(=O)N[C@@H](C)CC(C)C)cc1. The van der Waals surface area contributed by atoms with Gasteiger partial charge in [0.15, 0.2) is 0 Å². The van der Waals surface area contributed by atoms with Crippen molar-refractivity contribution < 1.29 is 9.53 Å². The number of hydrogen-bond donors (Lipinski definition) is 1. The van der Waals surface area contributed by atoms with Gasteiger partial charge in [-0.05, 0) is 43.4 Å². The normalized spacial score (nSPS) is 12.3. The van der Waals surface area contributed by atoms with Crippen LogP contribution in [0.3, 0.4) is 0 Å². The number of hydrogen-bond acceptors (Lipinski definition) is 2. The number of ether oxygens (including phenoxy) is 1. The quantitative estimate of drug-likeness (QED) is 0.820. The Bertz CT molecular complexity index is 384. The fourth-order valence-corrected chi connectivity index (χ4v) is 2.16. The maximum absolute atomic E-state index is 11.8. The minimum Gasteiger partial charge on any atom is -0.497 e. The second kappa shape index (κ2) is 7.82. The second-order valence-electron chi connectivity index (χ2n) is 5.45. The van der Waals surface area contributed by atoms with Gasteiger partial charge in [0.05, 0.1) is 7.11 Å². The number of rotatable bonds is 7. The highest BCUT2D eigenvalue weighted by Crippen LogP contribution is 2.12. The highest BCUT2D eigenvalue weighted by atomic mass is 16.5. The summed E-state index contributed by atoms with van der Waals surface area (Å²) in [5, 5.41) is 3.04. The first-order valence-electron chi connectivity index (χ1n) is 6.93. The maximum Gasteiger partial charge on any atom is 0.220 e. The molecule has 0 unspecified atom stereocenters. The monoisotopic (exact) mass is 263 g/mol. The molecule has 0 saturated heterocycles. The van der Waals surface area contributed by atoms with Gasteiger partial charge in [0.25, 0.3) is 0 Å². The molecule has 0 saturated carbocycles. The average Bonchev–Trinajstić information content (AvgIpc) is 2.36. The van der Waals surface area contributed by atoms with E-state index in [1.54, 1.807) is 7.11 Å². The van der Waals surface area contributed by atoms with Gasteiger partial charge in [-0.15, -0.1) is 0 Å². The van der Waals surface area contributed by atoms with Crippen molar-refractivity contribution >= 4 is 5.91 Å². The topological polar surface area (TPSA) is 38.3 Å². The zero-order valence-electron chi connectivity index (χ0n) is 12.4. The molecule has 19 heavy (non-hydrogen) atoms. The largest absolute Gasteiger partial charge is 0.497 e. The van der Waals surface area contributed by atoms with E-state index >= 15 is 0 Å². The van der Waals surface area contributed by atoms with E-state index in [-0.39, 0.29) is 11.9 Å². The molecule has 1 aromatic rings. The van der Waals surface area contributed by atoms with Gasteiger partial charge in [0, 0.05) is 12.5 Å². The number of methoxy groups -OCH3 is 1. The Hall–Kier alpha value is -1.51. The molecule has 3 nitrogen and oxygen atoms in total. The molecule has 0 fully saturated rings. The first kappa shape index (κ1) is 15.5. The molecular formula is C16H25NO2. The molecule has 1 aromatic carbocycles. The minimum atomic E-state index is 0.129. The lowest BCUT2D eigenvalue weighted by molar-refractivity contribution is -0.121. The van der Waals surface area contributed by atoms with Gasteiger partial charge in [-0.2, -0.15) is 0 Å². The van der Waals surface area contributed by atoms with Crippen LogP contribution in [0.5, 0.6) is 5.75 Å². The van der Waals surface area contributed by atoms with Crippen molar-refractivity contribution in [2.45, 2.75) is 46.1 Å². The van der Waals surface area contributed by atoms with Crippen LogP contribution in [0, 0.1) is 5.92 Å². The van der Waals surface area contributed by atoms with Crippen molar-refractivity contribution in [3.8, 4) is 5.75 Å². The Morgan fingerprint density at radius 2 is 1.84 bits per heavy atom. The Balaban J connectivity index is 2.33. The predicted molar refractivity (Wildman–Crippen MR) is 78.4 cm³/mol. The lowest BCUT2D eigenvalue weighted by atomic mass is 10.0. The van der Waals surface area contributed by atoms with Gasteiger partial charge >= 0.3 is 0 Å². The zero-order valence-corrected chi connectivity index (χ0v) is 12.4. The summed E-state index contributed by atoms with van der Waals surface area (Å²) in [6.45, 7) is 6.39. The fraction of sp³-hybridized carbons (Fsp3) is 0.562. The molecule has 0 aromatic heterocycles. The van der Waals surface area contributed by atoms with Crippen LogP contribution in [-0.2, 0) is 11.2 Å². The first-order chi connectivity index (χ1) is 9.01. The summed E-state index contributed by atoms with van der Waals surface area (Å²) in [6, 6.07) is 8.11. The second-order valence-corrected chi connectivity index (χ2v) is 5.45. The van der Waals surface area contributed by atoms with Crippen molar-refractivity contribution in [3.05, 3.63) is 29.8 Å². The predicted octanol–water partition coefficient (Wildman–Crippen LogP) is 3.18. The van der Waals surface area contributed by atoms with Crippen LogP contribution in [0.4, 0.5) is 0 Å². The Morgan fingerprint density at radius 1 is 1.21 bits per heavy atom. The average molecular weight is 263 g/mol. The fourth-order valence-electron chi connectivity index (χ4n) is 2.16. The summed E-state index contributed by atoms with van der Waals surface area (Å²) in [4.78, 5) is 11.8. The Kier molecular flexibility index (Phi) is 6.40. The number of carbonyl (C=O) groups excluding carboxylic acids is 1. The van der Waals surface area contributed by atoms with Crippen molar-refractivity contribution in [2.75, 3.05) is 7.11 Å². The number of amides is 1. The van der Waals surface area contributed by atoms with Gasteiger partial charge in [0.1, 0.15) is 5.75 Å². The van der Waals surface area contributed by atoms with Crippen LogP contribution in [-0.4, -0.2) is 19.1 Å². The molecule has 1 atom stereocenters. The number of aryl methyl sites for hydroxylation is 1. The van der Waals surface area contributed by atoms with Gasteiger partial charge in [0.2, 0.25) is 5.91 Å². The van der Waals surface area contributed by atoms with E-state index < -0.39 is 0 Å². The molecule has 0 aliphatic rings.